The quantitative estimate of drug-likeness (QED) is 0.148. The van der Waals surface area contributed by atoms with Crippen LogP contribution in [0.2, 0.25) is 0 Å². The van der Waals surface area contributed by atoms with Gasteiger partial charge in [0.2, 0.25) is 23.6 Å². The first-order valence-electron chi connectivity index (χ1n) is 29.1. The summed E-state index contributed by atoms with van der Waals surface area (Å²) in [5, 5.41) is 3.01. The summed E-state index contributed by atoms with van der Waals surface area (Å²) in [5.41, 5.74) is 9.56. The third kappa shape index (κ3) is 14.3. The van der Waals surface area contributed by atoms with Gasteiger partial charge in [0.25, 0.3) is 0 Å². The zero-order valence-electron chi connectivity index (χ0n) is 51.1. The molecule has 0 radical (unpaired) electrons. The van der Waals surface area contributed by atoms with Crippen molar-refractivity contribution in [2.45, 2.75) is 152 Å². The van der Waals surface area contributed by atoms with Gasteiger partial charge in [0.05, 0.1) is 23.9 Å². The number of anilines is 2. The average molecular weight is 1120 g/mol. The molecule has 0 aliphatic carbocycles. The van der Waals surface area contributed by atoms with Crippen molar-refractivity contribution in [3.63, 3.8) is 0 Å². The topological polar surface area (TPSA) is 103 Å². The first-order valence-corrected chi connectivity index (χ1v) is 29.1. The number of benzene rings is 4. The molecule has 442 valence electrons. The van der Waals surface area contributed by atoms with Gasteiger partial charge in [0, 0.05) is 145 Å². The lowest BCUT2D eigenvalue weighted by molar-refractivity contribution is -0.136. The van der Waals surface area contributed by atoms with E-state index in [0.29, 0.717) is 89.7 Å². The molecule has 0 bridgehead atoms. The van der Waals surface area contributed by atoms with Crippen LogP contribution in [0.5, 0.6) is 0 Å². The standard InChI is InChI=1S/C34H48F2N4O2.C31H42F2N4O2/c1-21(2)40(25(6)41)24(5)28-16-22(3)23(4)17-32(28)37-12-14-38(15-13-37)33(42)30-20-39(34(7,8)9)19-29(30)27-11-10-26(35)18-31(27)36;1-19-14-25(21(3)34-22(4)38)29(15-20(19)2)35-10-12-36(13-11-35)30(39)27-18-37(31(5,6)7)17-26(27)24-9-8-23(32)16-28(24)33/h10-11,16-18,21,24,29-30H,12-15,19-20H2,1-9H3;8-9,14-16,21,26-27H,10-13,17-18H2,1-7H3,(H,34,38)/t24-,29-,30+;21-,26-,27+/m00/s1. The monoisotopic (exact) mass is 1120 g/mol. The van der Waals surface area contributed by atoms with Crippen LogP contribution in [-0.2, 0) is 19.2 Å². The van der Waals surface area contributed by atoms with Gasteiger partial charge in [0.15, 0.2) is 0 Å². The molecule has 8 rings (SSSR count). The minimum Gasteiger partial charge on any atom is -0.368 e. The molecule has 4 amide bonds. The van der Waals surface area contributed by atoms with Crippen LogP contribution in [0.4, 0.5) is 28.9 Å². The Kier molecular flexibility index (Phi) is 19.5. The number of carbonyl (C=O) groups excluding carboxylic acids is 4. The molecular weight excluding hydrogens is 1030 g/mol. The number of rotatable bonds is 11. The normalized spacial score (nSPS) is 21.0. The molecule has 0 spiro atoms. The van der Waals surface area contributed by atoms with Crippen LogP contribution >= 0.6 is 0 Å². The van der Waals surface area contributed by atoms with Crippen LogP contribution in [0.15, 0.2) is 60.7 Å². The van der Waals surface area contributed by atoms with Crippen molar-refractivity contribution in [3.8, 4) is 0 Å². The van der Waals surface area contributed by atoms with E-state index < -0.39 is 35.1 Å². The smallest absolute Gasteiger partial charge is 0.227 e. The highest BCUT2D eigenvalue weighted by Gasteiger charge is 2.47. The van der Waals surface area contributed by atoms with Crippen molar-refractivity contribution >= 4 is 35.0 Å². The van der Waals surface area contributed by atoms with Crippen LogP contribution in [0.3, 0.4) is 0 Å². The third-order valence-electron chi connectivity index (χ3n) is 17.7. The molecule has 4 heterocycles. The summed E-state index contributed by atoms with van der Waals surface area (Å²) in [5.74, 6) is -3.83. The molecule has 0 unspecified atom stereocenters. The van der Waals surface area contributed by atoms with Crippen LogP contribution in [0, 0.1) is 62.8 Å². The summed E-state index contributed by atoms with van der Waals surface area (Å²) < 4.78 is 57.2. The summed E-state index contributed by atoms with van der Waals surface area (Å²) in [6.07, 6.45) is 0. The van der Waals surface area contributed by atoms with Crippen LogP contribution in [0.25, 0.3) is 0 Å². The molecule has 0 aromatic heterocycles. The number of amides is 4. The van der Waals surface area contributed by atoms with Crippen molar-refractivity contribution < 1.29 is 36.7 Å². The fourth-order valence-corrected chi connectivity index (χ4v) is 12.7. The number of halogens is 4. The summed E-state index contributed by atoms with van der Waals surface area (Å²) in [7, 11) is 0. The molecule has 81 heavy (non-hydrogen) atoms. The zero-order chi connectivity index (χ0) is 59.7. The van der Waals surface area contributed by atoms with Crippen molar-refractivity contribution in [2.24, 2.45) is 11.8 Å². The fraction of sp³-hybridized carbons (Fsp3) is 0.569. The SMILES string of the molecule is CC(=O)N(C(C)C)[C@@H](C)c1cc(C)c(C)cc1N1CCN(C(=O)[C@@H]2CN(C(C)(C)C)C[C@H]2c2ccc(F)cc2F)CC1.CC(=O)N[C@@H](C)c1cc(C)c(C)cc1N1CCN(C(=O)[C@@H]2CN(C(C)(C)C)C[C@H]2c2ccc(F)cc2F)CC1. The van der Waals surface area contributed by atoms with Gasteiger partial charge in [-0.2, -0.15) is 0 Å². The van der Waals surface area contributed by atoms with Crippen LogP contribution < -0.4 is 15.1 Å². The maximum atomic E-state index is 14.9. The third-order valence-corrected chi connectivity index (χ3v) is 17.7. The van der Waals surface area contributed by atoms with E-state index >= 15 is 0 Å². The minimum atomic E-state index is -0.612. The number of carbonyl (C=O) groups is 4. The number of hydrogen-bond donors (Lipinski definition) is 1. The lowest BCUT2D eigenvalue weighted by Crippen LogP contribution is -2.52. The largest absolute Gasteiger partial charge is 0.368 e. The average Bonchev–Trinajstić information content (AvgIpc) is 4.13. The van der Waals surface area contributed by atoms with E-state index in [0.717, 1.165) is 34.6 Å². The van der Waals surface area contributed by atoms with Crippen molar-refractivity contribution in [2.75, 3.05) is 88.3 Å². The summed E-state index contributed by atoms with van der Waals surface area (Å²) in [4.78, 5) is 67.1. The van der Waals surface area contributed by atoms with E-state index in [1.165, 1.54) is 53.4 Å². The summed E-state index contributed by atoms with van der Waals surface area (Å²) in [6.45, 7) is 39.4. The second-order valence-electron chi connectivity index (χ2n) is 25.6. The van der Waals surface area contributed by atoms with Crippen molar-refractivity contribution in [3.05, 3.63) is 128 Å². The predicted octanol–water partition coefficient (Wildman–Crippen LogP) is 11.0. The van der Waals surface area contributed by atoms with E-state index in [1.54, 1.807) is 6.92 Å². The lowest BCUT2D eigenvalue weighted by atomic mass is 9.87. The Morgan fingerprint density at radius 1 is 0.531 bits per heavy atom. The fourth-order valence-electron chi connectivity index (χ4n) is 12.7. The Labute approximate surface area is 480 Å². The first-order chi connectivity index (χ1) is 37.9. The predicted molar refractivity (Wildman–Crippen MR) is 316 cm³/mol. The molecule has 4 saturated heterocycles. The molecule has 1 N–H and O–H groups in total. The van der Waals surface area contributed by atoms with Gasteiger partial charge in [0.1, 0.15) is 23.3 Å². The molecule has 16 heteroatoms. The van der Waals surface area contributed by atoms with Crippen molar-refractivity contribution in [1.82, 2.24) is 29.8 Å². The summed E-state index contributed by atoms with van der Waals surface area (Å²) >= 11 is 0. The Hall–Kier alpha value is -6.00. The number of nitrogens with zero attached hydrogens (tertiary/aromatic N) is 7. The van der Waals surface area contributed by atoms with Gasteiger partial charge in [-0.05, 0) is 166 Å². The highest BCUT2D eigenvalue weighted by Crippen LogP contribution is 2.42. The number of likely N-dealkylation sites (tertiary alicyclic amines) is 2. The van der Waals surface area contributed by atoms with Gasteiger partial charge in [-0.3, -0.25) is 29.0 Å². The first kappa shape index (κ1) is 62.6. The molecule has 4 aromatic carbocycles. The van der Waals surface area contributed by atoms with E-state index in [2.05, 4.69) is 125 Å². The Bertz CT molecular complexity index is 2940. The van der Waals surface area contributed by atoms with Crippen molar-refractivity contribution in [1.29, 1.82) is 0 Å². The highest BCUT2D eigenvalue weighted by molar-refractivity contribution is 5.82. The zero-order valence-corrected chi connectivity index (χ0v) is 51.1. The highest BCUT2D eigenvalue weighted by atomic mass is 19.1. The second-order valence-corrected chi connectivity index (χ2v) is 25.6. The molecule has 12 nitrogen and oxygen atoms in total. The Morgan fingerprint density at radius 2 is 0.901 bits per heavy atom. The molecule has 4 aliphatic rings. The molecule has 4 aromatic rings. The number of piperazine rings is 2. The van der Waals surface area contributed by atoms with E-state index in [4.69, 9.17) is 0 Å². The number of aryl methyl sites for hydroxylation is 4. The second kappa shape index (κ2) is 25.2. The van der Waals surface area contributed by atoms with Gasteiger partial charge >= 0.3 is 0 Å². The minimum absolute atomic E-state index is 0.0297. The molecule has 6 atom stereocenters. The van der Waals surface area contributed by atoms with E-state index in [9.17, 15) is 36.7 Å². The van der Waals surface area contributed by atoms with Crippen LogP contribution in [-0.4, -0.2) is 144 Å². The molecule has 4 aliphatic heterocycles. The molecule has 0 saturated carbocycles. The number of nitrogens with one attached hydrogen (secondary N) is 1. The summed E-state index contributed by atoms with van der Waals surface area (Å²) in [6, 6.07) is 16.0. The van der Waals surface area contributed by atoms with Gasteiger partial charge in [-0.25, -0.2) is 17.6 Å². The van der Waals surface area contributed by atoms with E-state index in [1.807, 2.05) is 35.5 Å². The van der Waals surface area contributed by atoms with Gasteiger partial charge in [-0.15, -0.1) is 0 Å². The van der Waals surface area contributed by atoms with Gasteiger partial charge in [-0.1, -0.05) is 24.3 Å². The number of hydrogen-bond acceptors (Lipinski definition) is 8. The van der Waals surface area contributed by atoms with Gasteiger partial charge < -0.3 is 29.8 Å². The van der Waals surface area contributed by atoms with Crippen LogP contribution in [0.1, 0.15) is 152 Å². The maximum Gasteiger partial charge on any atom is 0.227 e. The Morgan fingerprint density at radius 3 is 1.25 bits per heavy atom. The van der Waals surface area contributed by atoms with E-state index in [-0.39, 0.29) is 64.7 Å². The molecule has 4 fully saturated rings. The maximum absolute atomic E-state index is 14.9. The molecular formula is C65H90F4N8O4. The Balaban J connectivity index is 0.000000234. The lowest BCUT2D eigenvalue weighted by Gasteiger charge is -2.41.